The zero-order valence-corrected chi connectivity index (χ0v) is 16.9. The Labute approximate surface area is 163 Å². The van der Waals surface area contributed by atoms with E-state index in [0.29, 0.717) is 0 Å². The van der Waals surface area contributed by atoms with E-state index in [9.17, 15) is 10.1 Å². The second-order valence-corrected chi connectivity index (χ2v) is 6.98. The molecular weight excluding hydrogens is 338 g/mol. The normalized spacial score (nSPS) is 15.9. The van der Waals surface area contributed by atoms with Crippen LogP contribution in [0, 0.1) is 11.3 Å². The summed E-state index contributed by atoms with van der Waals surface area (Å²) in [5.74, 6) is -0.223. The van der Waals surface area contributed by atoms with Crippen LogP contribution in [0.3, 0.4) is 0 Å². The number of nitriles is 1. The summed E-state index contributed by atoms with van der Waals surface area (Å²) in [6.07, 6.45) is 3.40. The molecule has 0 aliphatic carbocycles. The molecular formula is C21H31N5O. The summed E-state index contributed by atoms with van der Waals surface area (Å²) in [5, 5.41) is 12.5. The molecule has 1 N–H and O–H groups in total. The van der Waals surface area contributed by atoms with Gasteiger partial charge in [-0.2, -0.15) is 5.26 Å². The number of hydrogen-bond donors (Lipinski definition) is 1. The first-order valence-electron chi connectivity index (χ1n) is 9.67. The minimum absolute atomic E-state index is 0.129. The van der Waals surface area contributed by atoms with Crippen molar-refractivity contribution in [2.24, 2.45) is 0 Å². The van der Waals surface area contributed by atoms with Crippen molar-refractivity contribution in [1.82, 2.24) is 9.80 Å². The summed E-state index contributed by atoms with van der Waals surface area (Å²) < 4.78 is 0. The fraction of sp³-hybridized carbons (Fsp3) is 0.524. The average Bonchev–Trinajstić information content (AvgIpc) is 2.70. The molecule has 0 unspecified atom stereocenters. The first-order chi connectivity index (χ1) is 13.0. The summed E-state index contributed by atoms with van der Waals surface area (Å²) >= 11 is 0. The molecule has 1 aliphatic heterocycles. The molecule has 6 nitrogen and oxygen atoms in total. The second kappa shape index (κ2) is 9.98. The highest BCUT2D eigenvalue weighted by Gasteiger charge is 2.25. The molecule has 0 radical (unpaired) electrons. The number of likely N-dealkylation sites (tertiary alicyclic amines) is 1. The molecule has 1 aliphatic rings. The van der Waals surface area contributed by atoms with Crippen molar-refractivity contribution in [3.8, 4) is 6.07 Å². The Bertz CT molecular complexity index is 680. The van der Waals surface area contributed by atoms with E-state index in [1.165, 1.54) is 6.20 Å². The van der Waals surface area contributed by atoms with Gasteiger partial charge < -0.3 is 20.0 Å². The van der Waals surface area contributed by atoms with E-state index < -0.39 is 0 Å². The number of nitrogens with one attached hydrogen (secondary N) is 1. The fourth-order valence-corrected chi connectivity index (χ4v) is 3.39. The number of carbonyl (C=O) groups is 1. The van der Waals surface area contributed by atoms with E-state index in [1.54, 1.807) is 11.9 Å². The maximum absolute atomic E-state index is 12.7. The Hall–Kier alpha value is -2.52. The number of amides is 1. The predicted octanol–water partition coefficient (Wildman–Crippen LogP) is 2.90. The number of likely N-dealkylation sites (N-methyl/N-ethyl adjacent to an activating group) is 1. The van der Waals surface area contributed by atoms with Gasteiger partial charge in [-0.3, -0.25) is 4.79 Å². The monoisotopic (exact) mass is 369 g/mol. The molecule has 27 heavy (non-hydrogen) atoms. The molecule has 0 saturated carbocycles. The van der Waals surface area contributed by atoms with Gasteiger partial charge in [0, 0.05) is 43.8 Å². The van der Waals surface area contributed by atoms with Crippen LogP contribution < -0.4 is 10.2 Å². The maximum atomic E-state index is 12.7. The van der Waals surface area contributed by atoms with E-state index in [1.807, 2.05) is 30.3 Å². The third-order valence-electron chi connectivity index (χ3n) is 5.29. The summed E-state index contributed by atoms with van der Waals surface area (Å²) in [4.78, 5) is 18.9. The van der Waals surface area contributed by atoms with E-state index in [0.717, 1.165) is 50.4 Å². The zero-order chi connectivity index (χ0) is 19.8. The zero-order valence-electron chi connectivity index (χ0n) is 16.9. The van der Waals surface area contributed by atoms with Crippen molar-refractivity contribution in [2.45, 2.75) is 32.7 Å². The van der Waals surface area contributed by atoms with Crippen molar-refractivity contribution >= 4 is 17.3 Å². The van der Waals surface area contributed by atoms with E-state index in [4.69, 9.17) is 0 Å². The van der Waals surface area contributed by atoms with Crippen LogP contribution in [-0.2, 0) is 4.79 Å². The highest BCUT2D eigenvalue weighted by atomic mass is 16.2. The largest absolute Gasteiger partial charge is 0.372 e. The molecule has 1 heterocycles. The molecule has 146 valence electrons. The van der Waals surface area contributed by atoms with Gasteiger partial charge in [-0.05, 0) is 71.1 Å². The van der Waals surface area contributed by atoms with Gasteiger partial charge in [0.05, 0.1) is 0 Å². The summed E-state index contributed by atoms with van der Waals surface area (Å²) in [6.45, 7) is 8.13. The number of benzene rings is 1. The quantitative estimate of drug-likeness (QED) is 0.591. The van der Waals surface area contributed by atoms with Crippen LogP contribution >= 0.6 is 0 Å². The molecule has 6 heteroatoms. The molecule has 1 aromatic carbocycles. The molecule has 1 saturated heterocycles. The number of rotatable bonds is 7. The first-order valence-corrected chi connectivity index (χ1v) is 9.67. The number of piperidine rings is 1. The Morgan fingerprint density at radius 2 is 1.85 bits per heavy atom. The van der Waals surface area contributed by atoms with Crippen molar-refractivity contribution in [2.75, 3.05) is 50.5 Å². The fourth-order valence-electron chi connectivity index (χ4n) is 3.39. The van der Waals surface area contributed by atoms with Crippen LogP contribution in [0.4, 0.5) is 11.4 Å². The lowest BCUT2D eigenvalue weighted by molar-refractivity contribution is -0.128. The van der Waals surface area contributed by atoms with Gasteiger partial charge in [-0.1, -0.05) is 0 Å². The third-order valence-corrected chi connectivity index (χ3v) is 5.29. The molecule has 0 spiro atoms. The van der Waals surface area contributed by atoms with E-state index in [2.05, 4.69) is 36.0 Å². The number of nitrogens with zero attached hydrogens (tertiary/aromatic N) is 4. The lowest BCUT2D eigenvalue weighted by Gasteiger charge is -2.34. The minimum atomic E-state index is -0.223. The van der Waals surface area contributed by atoms with Crippen molar-refractivity contribution in [3.63, 3.8) is 0 Å². The summed E-state index contributed by atoms with van der Waals surface area (Å²) in [6, 6.07) is 10.2. The standard InChI is InChI=1S/C21H31N5O/c1-5-26(6-2)20-9-7-18(8-10-20)23-16-17(15-22)21(27)25(4)19-11-13-24(3)14-12-19/h7-10,16,19,23H,5-6,11-14H2,1-4H3/b17-16-. The van der Waals surface area contributed by atoms with Gasteiger partial charge in [0.25, 0.3) is 5.91 Å². The maximum Gasteiger partial charge on any atom is 0.266 e. The molecule has 0 aromatic heterocycles. The molecule has 2 rings (SSSR count). The average molecular weight is 370 g/mol. The van der Waals surface area contributed by atoms with Crippen LogP contribution in [0.1, 0.15) is 26.7 Å². The lowest BCUT2D eigenvalue weighted by Crippen LogP contribution is -2.44. The highest BCUT2D eigenvalue weighted by molar-refractivity contribution is 5.97. The Kier molecular flexibility index (Phi) is 7.68. The summed E-state index contributed by atoms with van der Waals surface area (Å²) in [7, 11) is 3.89. The van der Waals surface area contributed by atoms with Crippen LogP contribution in [0.15, 0.2) is 36.0 Å². The van der Waals surface area contributed by atoms with Crippen LogP contribution in [0.25, 0.3) is 0 Å². The Morgan fingerprint density at radius 3 is 2.37 bits per heavy atom. The molecule has 1 aromatic rings. The van der Waals surface area contributed by atoms with E-state index >= 15 is 0 Å². The number of anilines is 2. The van der Waals surface area contributed by atoms with Crippen LogP contribution in [0.2, 0.25) is 0 Å². The topological polar surface area (TPSA) is 62.6 Å². The third kappa shape index (κ3) is 5.48. The van der Waals surface area contributed by atoms with Gasteiger partial charge in [-0.15, -0.1) is 0 Å². The first kappa shape index (κ1) is 20.8. The summed E-state index contributed by atoms with van der Waals surface area (Å²) in [5.41, 5.74) is 2.14. The van der Waals surface area contributed by atoms with Gasteiger partial charge in [0.2, 0.25) is 0 Å². The minimum Gasteiger partial charge on any atom is -0.372 e. The molecule has 1 amide bonds. The van der Waals surface area contributed by atoms with E-state index in [-0.39, 0.29) is 17.5 Å². The predicted molar refractivity (Wildman–Crippen MR) is 111 cm³/mol. The van der Waals surface area contributed by atoms with Crippen molar-refractivity contribution < 1.29 is 4.79 Å². The lowest BCUT2D eigenvalue weighted by atomic mass is 10.0. The Balaban J connectivity index is 2.01. The highest BCUT2D eigenvalue weighted by Crippen LogP contribution is 2.19. The Morgan fingerprint density at radius 1 is 1.26 bits per heavy atom. The SMILES string of the molecule is CCN(CC)c1ccc(N/C=C(/C#N)C(=O)N(C)C2CCN(C)CC2)cc1. The second-order valence-electron chi connectivity index (χ2n) is 6.98. The number of carbonyl (C=O) groups excluding carboxylic acids is 1. The molecule has 0 atom stereocenters. The molecule has 1 fully saturated rings. The van der Waals surface area contributed by atoms with Gasteiger partial charge in [0.15, 0.2) is 0 Å². The van der Waals surface area contributed by atoms with Crippen molar-refractivity contribution in [1.29, 1.82) is 5.26 Å². The van der Waals surface area contributed by atoms with Gasteiger partial charge in [0.1, 0.15) is 11.6 Å². The van der Waals surface area contributed by atoms with Crippen molar-refractivity contribution in [3.05, 3.63) is 36.0 Å². The van der Waals surface area contributed by atoms with Crippen LogP contribution in [0.5, 0.6) is 0 Å². The van der Waals surface area contributed by atoms with Crippen LogP contribution in [-0.4, -0.2) is 62.0 Å². The molecule has 0 bridgehead atoms. The number of hydrogen-bond acceptors (Lipinski definition) is 5. The van der Waals surface area contributed by atoms with Gasteiger partial charge >= 0.3 is 0 Å². The smallest absolute Gasteiger partial charge is 0.266 e. The van der Waals surface area contributed by atoms with Gasteiger partial charge in [-0.25, -0.2) is 0 Å².